The molecule has 0 saturated heterocycles. The van der Waals surface area contributed by atoms with E-state index in [1.807, 2.05) is 5.32 Å². The van der Waals surface area contributed by atoms with E-state index in [4.69, 9.17) is 16.3 Å². The molecule has 0 radical (unpaired) electrons. The van der Waals surface area contributed by atoms with Crippen LogP contribution in [-0.4, -0.2) is 27.9 Å². The molecule has 28 heavy (non-hydrogen) atoms. The van der Waals surface area contributed by atoms with Gasteiger partial charge in [-0.2, -0.15) is 13.2 Å². The Labute approximate surface area is 163 Å². The van der Waals surface area contributed by atoms with Crippen LogP contribution in [0.25, 0.3) is 4.96 Å². The van der Waals surface area contributed by atoms with E-state index in [1.54, 1.807) is 5.38 Å². The zero-order valence-corrected chi connectivity index (χ0v) is 15.2. The van der Waals surface area contributed by atoms with E-state index in [9.17, 15) is 27.6 Å². The van der Waals surface area contributed by atoms with E-state index in [0.717, 1.165) is 16.7 Å². The van der Waals surface area contributed by atoms with Crippen LogP contribution in [0.3, 0.4) is 0 Å². The van der Waals surface area contributed by atoms with Crippen molar-refractivity contribution in [3.8, 4) is 0 Å². The second-order valence-corrected chi connectivity index (χ2v) is 6.65. The molecule has 0 atom stereocenters. The average Bonchev–Trinajstić information content (AvgIpc) is 3.10. The number of anilines is 1. The molecule has 0 unspecified atom stereocenters. The molecule has 0 aliphatic rings. The molecule has 0 spiro atoms. The molecule has 3 rings (SSSR count). The number of hydrogen-bond acceptors (Lipinski definition) is 6. The average molecular weight is 432 g/mol. The fourth-order valence-corrected chi connectivity index (χ4v) is 3.07. The molecule has 0 fully saturated rings. The van der Waals surface area contributed by atoms with Crippen LogP contribution in [0.5, 0.6) is 0 Å². The number of alkyl halides is 3. The van der Waals surface area contributed by atoms with Gasteiger partial charge in [-0.15, -0.1) is 11.3 Å². The molecule has 2 aromatic heterocycles. The zero-order valence-electron chi connectivity index (χ0n) is 13.6. The molecule has 2 heterocycles. The van der Waals surface area contributed by atoms with E-state index < -0.39 is 47.0 Å². The van der Waals surface area contributed by atoms with Gasteiger partial charge in [0.15, 0.2) is 11.6 Å². The van der Waals surface area contributed by atoms with Crippen molar-refractivity contribution >= 4 is 45.5 Å². The Kier molecular flexibility index (Phi) is 5.38. The minimum atomic E-state index is -4.75. The number of rotatable bonds is 4. The Hall–Kier alpha value is -2.92. The third-order valence-corrected chi connectivity index (χ3v) is 4.46. The fourth-order valence-electron chi connectivity index (χ4n) is 2.22. The SMILES string of the molecule is O=C(COC(=O)c1cnc2sccn2c1=O)Nc1ccc(Cl)cc1C(F)(F)F. The van der Waals surface area contributed by atoms with Crippen molar-refractivity contribution in [2.45, 2.75) is 6.18 Å². The summed E-state index contributed by atoms with van der Waals surface area (Å²) in [6.07, 6.45) is -2.33. The van der Waals surface area contributed by atoms with Crippen LogP contribution in [-0.2, 0) is 15.7 Å². The minimum Gasteiger partial charge on any atom is -0.452 e. The number of carbonyl (C=O) groups excluding carboxylic acids is 2. The van der Waals surface area contributed by atoms with Gasteiger partial charge < -0.3 is 10.1 Å². The van der Waals surface area contributed by atoms with Crippen LogP contribution in [0.2, 0.25) is 5.02 Å². The number of carbonyl (C=O) groups is 2. The maximum atomic E-state index is 13.0. The summed E-state index contributed by atoms with van der Waals surface area (Å²) in [6, 6.07) is 2.80. The van der Waals surface area contributed by atoms with Gasteiger partial charge in [0.25, 0.3) is 11.5 Å². The maximum Gasteiger partial charge on any atom is 0.418 e. The molecule has 1 amide bonds. The molecule has 7 nitrogen and oxygen atoms in total. The number of fused-ring (bicyclic) bond motifs is 1. The van der Waals surface area contributed by atoms with Crippen LogP contribution in [0.4, 0.5) is 18.9 Å². The molecule has 0 saturated carbocycles. The Morgan fingerprint density at radius 3 is 2.79 bits per heavy atom. The third kappa shape index (κ3) is 4.15. The fraction of sp³-hybridized carbons (Fsp3) is 0.125. The molecule has 3 aromatic rings. The number of amides is 1. The van der Waals surface area contributed by atoms with Crippen molar-refractivity contribution in [3.63, 3.8) is 0 Å². The molecule has 146 valence electrons. The van der Waals surface area contributed by atoms with E-state index in [2.05, 4.69) is 4.98 Å². The monoisotopic (exact) mass is 431 g/mol. The number of thiazole rings is 1. The van der Waals surface area contributed by atoms with Crippen LogP contribution in [0.15, 0.2) is 40.8 Å². The van der Waals surface area contributed by atoms with Crippen molar-refractivity contribution < 1.29 is 27.5 Å². The molecule has 1 aromatic carbocycles. The lowest BCUT2D eigenvalue weighted by atomic mass is 10.1. The molecular weight excluding hydrogens is 423 g/mol. The van der Waals surface area contributed by atoms with Gasteiger partial charge in [-0.05, 0) is 18.2 Å². The van der Waals surface area contributed by atoms with Gasteiger partial charge in [0, 0.05) is 16.6 Å². The van der Waals surface area contributed by atoms with E-state index >= 15 is 0 Å². The molecule has 1 N–H and O–H groups in total. The van der Waals surface area contributed by atoms with Crippen LogP contribution in [0.1, 0.15) is 15.9 Å². The highest BCUT2D eigenvalue weighted by atomic mass is 35.5. The van der Waals surface area contributed by atoms with Crippen molar-refractivity contribution in [2.24, 2.45) is 0 Å². The van der Waals surface area contributed by atoms with E-state index in [1.165, 1.54) is 23.6 Å². The first kappa shape index (κ1) is 19.8. The standard InChI is InChI=1S/C16H9ClF3N3O4S/c17-8-1-2-11(10(5-8)16(18,19)20)22-12(24)7-27-14(26)9-6-21-15-23(13(9)25)3-4-28-15/h1-6H,7H2,(H,22,24). The number of nitrogens with one attached hydrogen (secondary N) is 1. The predicted molar refractivity (Wildman–Crippen MR) is 94.7 cm³/mol. The second kappa shape index (κ2) is 7.60. The lowest BCUT2D eigenvalue weighted by molar-refractivity contribution is -0.137. The van der Waals surface area contributed by atoms with Gasteiger partial charge in [0.2, 0.25) is 0 Å². The normalized spacial score (nSPS) is 11.4. The summed E-state index contributed by atoms with van der Waals surface area (Å²) in [5.41, 5.74) is -2.79. The van der Waals surface area contributed by atoms with Gasteiger partial charge in [0.05, 0.1) is 17.4 Å². The summed E-state index contributed by atoms with van der Waals surface area (Å²) in [5, 5.41) is 3.43. The smallest absolute Gasteiger partial charge is 0.418 e. The lowest BCUT2D eigenvalue weighted by Crippen LogP contribution is -2.27. The third-order valence-electron chi connectivity index (χ3n) is 3.46. The number of halogens is 4. The van der Waals surface area contributed by atoms with Crippen molar-refractivity contribution in [1.29, 1.82) is 0 Å². The van der Waals surface area contributed by atoms with Crippen molar-refractivity contribution in [1.82, 2.24) is 9.38 Å². The van der Waals surface area contributed by atoms with Gasteiger partial charge in [0.1, 0.15) is 5.56 Å². The number of nitrogens with zero attached hydrogens (tertiary/aromatic N) is 2. The number of aromatic nitrogens is 2. The Morgan fingerprint density at radius 2 is 2.07 bits per heavy atom. The van der Waals surface area contributed by atoms with E-state index in [0.29, 0.717) is 11.0 Å². The number of esters is 1. The summed E-state index contributed by atoms with van der Waals surface area (Å²) in [4.78, 5) is 40.3. The Morgan fingerprint density at radius 1 is 1.32 bits per heavy atom. The van der Waals surface area contributed by atoms with Gasteiger partial charge in [-0.1, -0.05) is 11.6 Å². The first-order valence-electron chi connectivity index (χ1n) is 7.45. The van der Waals surface area contributed by atoms with Crippen molar-refractivity contribution in [2.75, 3.05) is 11.9 Å². The first-order chi connectivity index (χ1) is 13.2. The van der Waals surface area contributed by atoms with Crippen LogP contribution in [0, 0.1) is 0 Å². The molecule has 12 heteroatoms. The zero-order chi connectivity index (χ0) is 20.5. The largest absolute Gasteiger partial charge is 0.452 e. The minimum absolute atomic E-state index is 0.159. The van der Waals surface area contributed by atoms with E-state index in [-0.39, 0.29) is 5.02 Å². The number of benzene rings is 1. The predicted octanol–water partition coefficient (Wildman–Crippen LogP) is 3.22. The summed E-state index contributed by atoms with van der Waals surface area (Å²) in [6.45, 7) is -0.898. The molecular formula is C16H9ClF3N3O4S. The molecule has 0 bridgehead atoms. The maximum absolute atomic E-state index is 13.0. The van der Waals surface area contributed by atoms with Gasteiger partial charge in [-0.3, -0.25) is 14.0 Å². The second-order valence-electron chi connectivity index (χ2n) is 5.34. The summed E-state index contributed by atoms with van der Waals surface area (Å²) >= 11 is 6.74. The van der Waals surface area contributed by atoms with Gasteiger partial charge >= 0.3 is 12.1 Å². The summed E-state index contributed by atoms with van der Waals surface area (Å²) < 4.78 is 44.9. The highest BCUT2D eigenvalue weighted by Gasteiger charge is 2.34. The highest BCUT2D eigenvalue weighted by molar-refractivity contribution is 7.15. The summed E-state index contributed by atoms with van der Waals surface area (Å²) in [5.74, 6) is -2.15. The topological polar surface area (TPSA) is 89.8 Å². The summed E-state index contributed by atoms with van der Waals surface area (Å²) in [7, 11) is 0. The van der Waals surface area contributed by atoms with Gasteiger partial charge in [-0.25, -0.2) is 9.78 Å². The first-order valence-corrected chi connectivity index (χ1v) is 8.71. The van der Waals surface area contributed by atoms with Crippen LogP contribution < -0.4 is 10.9 Å². The van der Waals surface area contributed by atoms with Crippen LogP contribution >= 0.6 is 22.9 Å². The quantitative estimate of drug-likeness (QED) is 0.641. The Balaban J connectivity index is 1.70. The Bertz CT molecular complexity index is 1130. The highest BCUT2D eigenvalue weighted by Crippen LogP contribution is 2.36. The molecule has 0 aliphatic carbocycles. The van der Waals surface area contributed by atoms with Crippen molar-refractivity contribution in [3.05, 3.63) is 62.5 Å². The number of hydrogen-bond donors (Lipinski definition) is 1. The molecule has 0 aliphatic heterocycles. The lowest BCUT2D eigenvalue weighted by Gasteiger charge is -2.14. The number of ether oxygens (including phenoxy) is 1.